The van der Waals surface area contributed by atoms with Gasteiger partial charge in [0.15, 0.2) is 5.76 Å². The molecule has 2 N–H and O–H groups in total. The molecule has 1 aromatic heterocycles. The molecule has 9 heteroatoms. The first kappa shape index (κ1) is 23.1. The third kappa shape index (κ3) is 5.36. The van der Waals surface area contributed by atoms with E-state index in [2.05, 4.69) is 15.2 Å². The Balaban J connectivity index is 1.91. The van der Waals surface area contributed by atoms with Crippen molar-refractivity contribution in [2.75, 3.05) is 16.6 Å². The van der Waals surface area contributed by atoms with E-state index < -0.39 is 10.0 Å². The average Bonchev–Trinajstić information content (AvgIpc) is 3.07. The summed E-state index contributed by atoms with van der Waals surface area (Å²) < 4.78 is 39.6. The zero-order chi connectivity index (χ0) is 23.3. The lowest BCUT2D eigenvalue weighted by Gasteiger charge is -2.14. The molecule has 0 bridgehead atoms. The van der Waals surface area contributed by atoms with E-state index in [1.54, 1.807) is 68.5 Å². The molecule has 1 heterocycles. The summed E-state index contributed by atoms with van der Waals surface area (Å²) in [4.78, 5) is 11.6. The van der Waals surface area contributed by atoms with Crippen molar-refractivity contribution in [2.45, 2.75) is 32.6 Å². The van der Waals surface area contributed by atoms with Crippen molar-refractivity contribution in [3.8, 4) is 5.75 Å². The highest BCUT2D eigenvalue weighted by Crippen LogP contribution is 2.28. The second-order valence-electron chi connectivity index (χ2n) is 7.08. The number of nitrogens with one attached hydrogen (secondary N) is 2. The van der Waals surface area contributed by atoms with Crippen molar-refractivity contribution in [2.24, 2.45) is 0 Å². The Morgan fingerprint density at radius 3 is 2.62 bits per heavy atom. The van der Waals surface area contributed by atoms with Crippen LogP contribution in [-0.2, 0) is 14.8 Å². The molecule has 0 fully saturated rings. The minimum atomic E-state index is -3.87. The number of sulfonamides is 1. The van der Waals surface area contributed by atoms with Gasteiger partial charge in [-0.05, 0) is 56.2 Å². The minimum Gasteiger partial charge on any atom is -0.492 e. The molecule has 0 radical (unpaired) electrons. The predicted molar refractivity (Wildman–Crippen MR) is 124 cm³/mol. The maximum absolute atomic E-state index is 13.1. The summed E-state index contributed by atoms with van der Waals surface area (Å²) in [6.07, 6.45) is 3.32. The molecule has 8 nitrogen and oxygen atoms in total. The van der Waals surface area contributed by atoms with Crippen molar-refractivity contribution in [3.05, 3.63) is 65.0 Å². The van der Waals surface area contributed by atoms with Gasteiger partial charge in [-0.3, -0.25) is 9.52 Å². The Morgan fingerprint density at radius 1 is 1.16 bits per heavy atom. The van der Waals surface area contributed by atoms with Crippen LogP contribution in [0.5, 0.6) is 5.75 Å². The van der Waals surface area contributed by atoms with E-state index in [1.165, 1.54) is 6.92 Å². The first-order chi connectivity index (χ1) is 15.2. The van der Waals surface area contributed by atoms with Crippen LogP contribution < -0.4 is 14.8 Å². The smallest absolute Gasteiger partial charge is 0.262 e. The molecule has 0 aliphatic rings. The number of carbonyl (C=O) groups is 1. The third-order valence-corrected chi connectivity index (χ3v) is 6.06. The molecule has 3 aromatic rings. The Hall–Kier alpha value is -3.59. The molecule has 1 amide bonds. The molecular formula is C23H25N3O5S. The number of hydrogen-bond acceptors (Lipinski definition) is 6. The summed E-state index contributed by atoms with van der Waals surface area (Å²) in [5.41, 5.74) is 2.62. The zero-order valence-corrected chi connectivity index (χ0v) is 19.1. The third-order valence-electron chi connectivity index (χ3n) is 4.55. The summed E-state index contributed by atoms with van der Waals surface area (Å²) in [5, 5.41) is 6.55. The minimum absolute atomic E-state index is 0.141. The van der Waals surface area contributed by atoms with E-state index in [0.29, 0.717) is 46.3 Å². The number of aryl methyl sites for hydroxylation is 2. The fourth-order valence-electron chi connectivity index (χ4n) is 3.04. The summed E-state index contributed by atoms with van der Waals surface area (Å²) >= 11 is 0. The van der Waals surface area contributed by atoms with Gasteiger partial charge in [-0.2, -0.15) is 0 Å². The maximum Gasteiger partial charge on any atom is 0.262 e. The first-order valence-electron chi connectivity index (χ1n) is 9.98. The molecule has 3 rings (SSSR count). The van der Waals surface area contributed by atoms with Gasteiger partial charge in [0.25, 0.3) is 10.0 Å². The van der Waals surface area contributed by atoms with Gasteiger partial charge in [0.05, 0.1) is 17.2 Å². The SMILES string of the molecule is CCOc1ccccc1NS(=O)(=O)c1cc(/C=C\c2onc(C)c2NC(C)=O)ccc1C. The second kappa shape index (κ2) is 9.69. The molecule has 0 spiro atoms. The number of carbonyl (C=O) groups excluding carboxylic acids is 1. The molecule has 0 aliphatic carbocycles. The summed E-state index contributed by atoms with van der Waals surface area (Å²) in [7, 11) is -3.87. The number of benzene rings is 2. The molecule has 0 aliphatic heterocycles. The highest BCUT2D eigenvalue weighted by Gasteiger charge is 2.19. The van der Waals surface area contributed by atoms with Crippen LogP contribution in [0.4, 0.5) is 11.4 Å². The van der Waals surface area contributed by atoms with Crippen LogP contribution in [0.3, 0.4) is 0 Å². The molecule has 0 saturated heterocycles. The number of amides is 1. The second-order valence-corrected chi connectivity index (χ2v) is 8.73. The van der Waals surface area contributed by atoms with Crippen LogP contribution in [0.2, 0.25) is 0 Å². The molecule has 0 saturated carbocycles. The van der Waals surface area contributed by atoms with Crippen molar-refractivity contribution in [1.82, 2.24) is 5.16 Å². The van der Waals surface area contributed by atoms with Gasteiger partial charge in [-0.1, -0.05) is 35.5 Å². The van der Waals surface area contributed by atoms with E-state index in [9.17, 15) is 13.2 Å². The van der Waals surface area contributed by atoms with Crippen molar-refractivity contribution >= 4 is 39.5 Å². The average molecular weight is 456 g/mol. The lowest BCUT2D eigenvalue weighted by molar-refractivity contribution is -0.114. The van der Waals surface area contributed by atoms with Gasteiger partial charge in [0.1, 0.15) is 17.1 Å². The largest absolute Gasteiger partial charge is 0.492 e. The fourth-order valence-corrected chi connectivity index (χ4v) is 4.39. The molecule has 0 atom stereocenters. The monoisotopic (exact) mass is 455 g/mol. The normalized spacial score (nSPS) is 11.5. The van der Waals surface area contributed by atoms with Gasteiger partial charge >= 0.3 is 0 Å². The topological polar surface area (TPSA) is 111 Å². The number of ether oxygens (including phenoxy) is 1. The zero-order valence-electron chi connectivity index (χ0n) is 18.3. The van der Waals surface area contributed by atoms with Gasteiger partial charge < -0.3 is 14.6 Å². The Bertz CT molecular complexity index is 1260. The quantitative estimate of drug-likeness (QED) is 0.513. The number of hydrogen-bond donors (Lipinski definition) is 2. The lowest BCUT2D eigenvalue weighted by Crippen LogP contribution is -2.15. The predicted octanol–water partition coefficient (Wildman–Crippen LogP) is 4.62. The summed E-state index contributed by atoms with van der Waals surface area (Å²) in [6.45, 7) is 7.09. The number of rotatable bonds is 8. The number of aromatic nitrogens is 1. The first-order valence-corrected chi connectivity index (χ1v) is 11.5. The van der Waals surface area contributed by atoms with Gasteiger partial charge in [-0.25, -0.2) is 8.42 Å². The van der Waals surface area contributed by atoms with E-state index >= 15 is 0 Å². The number of para-hydroxylation sites is 2. The van der Waals surface area contributed by atoms with Gasteiger partial charge in [0, 0.05) is 6.92 Å². The van der Waals surface area contributed by atoms with E-state index in [0.717, 1.165) is 0 Å². The van der Waals surface area contributed by atoms with Crippen LogP contribution in [0.1, 0.15) is 36.4 Å². The number of anilines is 2. The van der Waals surface area contributed by atoms with Crippen LogP contribution in [0.15, 0.2) is 51.9 Å². The molecule has 0 unspecified atom stereocenters. The highest BCUT2D eigenvalue weighted by atomic mass is 32.2. The molecule has 32 heavy (non-hydrogen) atoms. The van der Waals surface area contributed by atoms with Crippen molar-refractivity contribution in [3.63, 3.8) is 0 Å². The summed E-state index contributed by atoms with van der Waals surface area (Å²) in [5.74, 6) is 0.581. The van der Waals surface area contributed by atoms with Crippen LogP contribution >= 0.6 is 0 Å². The highest BCUT2D eigenvalue weighted by molar-refractivity contribution is 7.92. The fraction of sp³-hybridized carbons (Fsp3) is 0.217. The molecular weight excluding hydrogens is 430 g/mol. The van der Waals surface area contributed by atoms with E-state index in [-0.39, 0.29) is 10.8 Å². The number of nitrogens with zero attached hydrogens (tertiary/aromatic N) is 1. The Labute approximate surface area is 187 Å². The van der Waals surface area contributed by atoms with Crippen LogP contribution in [-0.4, -0.2) is 26.1 Å². The Morgan fingerprint density at radius 2 is 1.91 bits per heavy atom. The maximum atomic E-state index is 13.1. The Kier molecular flexibility index (Phi) is 6.99. The van der Waals surface area contributed by atoms with Crippen molar-refractivity contribution in [1.29, 1.82) is 0 Å². The standard InChI is InChI=1S/C23H25N3O5S/c1-5-30-20-9-7-6-8-19(20)26-32(28,29)22-14-18(11-10-15(22)2)12-13-21-23(24-17(4)27)16(3)25-31-21/h6-14,26H,5H2,1-4H3,(H,24,27)/b13-12-. The van der Waals surface area contributed by atoms with E-state index in [1.807, 2.05) is 6.92 Å². The van der Waals surface area contributed by atoms with Crippen LogP contribution in [0.25, 0.3) is 12.2 Å². The van der Waals surface area contributed by atoms with Crippen molar-refractivity contribution < 1.29 is 22.5 Å². The molecule has 2 aromatic carbocycles. The summed E-state index contributed by atoms with van der Waals surface area (Å²) in [6, 6.07) is 12.0. The lowest BCUT2D eigenvalue weighted by atomic mass is 10.1. The van der Waals surface area contributed by atoms with E-state index in [4.69, 9.17) is 9.26 Å². The van der Waals surface area contributed by atoms with Crippen LogP contribution in [0, 0.1) is 13.8 Å². The van der Waals surface area contributed by atoms with Gasteiger partial charge in [-0.15, -0.1) is 0 Å². The molecule has 168 valence electrons. The van der Waals surface area contributed by atoms with Gasteiger partial charge in [0.2, 0.25) is 5.91 Å².